The molecule has 0 aliphatic rings. The predicted molar refractivity (Wildman–Crippen MR) is 125 cm³/mol. The van der Waals surface area contributed by atoms with Crippen LogP contribution in [0.3, 0.4) is 0 Å². The van der Waals surface area contributed by atoms with Crippen molar-refractivity contribution in [3.8, 4) is 0 Å². The number of benzene rings is 1. The van der Waals surface area contributed by atoms with Crippen molar-refractivity contribution in [1.82, 2.24) is 14.8 Å². The van der Waals surface area contributed by atoms with Gasteiger partial charge in [0.25, 0.3) is 5.91 Å². The number of hydrogen-bond acceptors (Lipinski definition) is 5. The number of para-hydroxylation sites is 1. The number of pyridine rings is 2. The molecule has 0 spiro atoms. The number of nitrogens with one attached hydrogen (secondary N) is 2. The largest absolute Gasteiger partial charge is 0.376 e. The molecule has 0 saturated carbocycles. The summed E-state index contributed by atoms with van der Waals surface area (Å²) in [6.45, 7) is 3.96. The van der Waals surface area contributed by atoms with E-state index in [2.05, 4.69) is 20.8 Å². The maximum atomic E-state index is 13.2. The lowest BCUT2D eigenvalue weighted by Crippen LogP contribution is -2.26. The molecule has 0 unspecified atom stereocenters. The average Bonchev–Trinajstić information content (AvgIpc) is 3.10. The summed E-state index contributed by atoms with van der Waals surface area (Å²) >= 11 is 0. The van der Waals surface area contributed by atoms with Crippen LogP contribution in [-0.4, -0.2) is 33.8 Å². The number of aryl methyl sites for hydroxylation is 1. The van der Waals surface area contributed by atoms with Crippen LogP contribution in [0, 0.1) is 13.8 Å². The number of hydrogen-bond donors (Lipinski definition) is 2. The summed E-state index contributed by atoms with van der Waals surface area (Å²) in [6, 6.07) is 16.8. The molecule has 3 heterocycles. The summed E-state index contributed by atoms with van der Waals surface area (Å²) in [7, 11) is 0. The van der Waals surface area contributed by atoms with E-state index in [1.54, 1.807) is 30.7 Å². The molecule has 2 N–H and O–H groups in total. The van der Waals surface area contributed by atoms with Gasteiger partial charge in [-0.25, -0.2) is 5.43 Å². The summed E-state index contributed by atoms with van der Waals surface area (Å²) in [4.78, 5) is 29.3. The van der Waals surface area contributed by atoms with Crippen LogP contribution >= 0.6 is 0 Å². The van der Waals surface area contributed by atoms with Crippen LogP contribution in [-0.2, 0) is 4.79 Å². The third-order valence-corrected chi connectivity index (χ3v) is 5.26. The minimum absolute atomic E-state index is 0.0998. The predicted octanol–water partition coefficient (Wildman–Crippen LogP) is 3.74. The topological polar surface area (TPSA) is 87.9 Å². The molecule has 1 amide bonds. The zero-order valence-electron chi connectivity index (χ0n) is 17.9. The second kappa shape index (κ2) is 9.26. The number of aromatic nitrogens is 2. The summed E-state index contributed by atoms with van der Waals surface area (Å²) in [5, 5.41) is 7.23. The lowest BCUT2D eigenvalue weighted by molar-refractivity contribution is -0.119. The molecule has 0 saturated heterocycles. The Morgan fingerprint density at radius 2 is 1.78 bits per heavy atom. The number of carbonyl (C=O) groups excluding carboxylic acids is 2. The Hall–Kier alpha value is -4.26. The number of carbonyl (C=O) groups is 2. The van der Waals surface area contributed by atoms with Gasteiger partial charge in [-0.1, -0.05) is 24.3 Å². The van der Waals surface area contributed by atoms with Gasteiger partial charge in [-0.15, -0.1) is 0 Å². The van der Waals surface area contributed by atoms with Crippen molar-refractivity contribution in [2.45, 2.75) is 13.8 Å². The quantitative estimate of drug-likeness (QED) is 0.268. The highest BCUT2D eigenvalue weighted by atomic mass is 16.2. The van der Waals surface area contributed by atoms with Gasteiger partial charge in [0.1, 0.15) is 0 Å². The smallest absolute Gasteiger partial charge is 0.259 e. The zero-order chi connectivity index (χ0) is 22.5. The molecule has 7 nitrogen and oxygen atoms in total. The lowest BCUT2D eigenvalue weighted by Gasteiger charge is -2.07. The van der Waals surface area contributed by atoms with Crippen LogP contribution in [0.2, 0.25) is 0 Å². The third kappa shape index (κ3) is 4.27. The maximum Gasteiger partial charge on any atom is 0.259 e. The Labute approximate surface area is 185 Å². The molecule has 0 radical (unpaired) electrons. The molecule has 7 heteroatoms. The molecule has 32 heavy (non-hydrogen) atoms. The normalized spacial score (nSPS) is 11.1. The van der Waals surface area contributed by atoms with E-state index in [0.717, 1.165) is 27.9 Å². The molecule has 3 aromatic heterocycles. The van der Waals surface area contributed by atoms with E-state index in [4.69, 9.17) is 0 Å². The van der Waals surface area contributed by atoms with Crippen molar-refractivity contribution >= 4 is 29.1 Å². The van der Waals surface area contributed by atoms with Gasteiger partial charge in [-0.2, -0.15) is 5.10 Å². The van der Waals surface area contributed by atoms with E-state index in [-0.39, 0.29) is 18.2 Å². The van der Waals surface area contributed by atoms with E-state index in [1.165, 1.54) is 0 Å². The van der Waals surface area contributed by atoms with Crippen molar-refractivity contribution in [3.05, 3.63) is 101 Å². The Balaban J connectivity index is 1.54. The number of rotatable bonds is 7. The van der Waals surface area contributed by atoms with Crippen molar-refractivity contribution in [2.75, 3.05) is 11.9 Å². The molecule has 4 aromatic rings. The van der Waals surface area contributed by atoms with E-state index in [9.17, 15) is 9.59 Å². The number of fused-ring (bicyclic) bond motifs is 1. The first kappa shape index (κ1) is 21.0. The number of ketones is 1. The molecular weight excluding hydrogens is 402 g/mol. The molecule has 4 rings (SSSR count). The number of nitrogens with zero attached hydrogens (tertiary/aromatic N) is 3. The maximum absolute atomic E-state index is 13.2. The summed E-state index contributed by atoms with van der Waals surface area (Å²) in [5.41, 5.74) is 8.02. The molecule has 0 atom stereocenters. The summed E-state index contributed by atoms with van der Waals surface area (Å²) in [5.74, 6) is -0.365. The lowest BCUT2D eigenvalue weighted by atomic mass is 10.1. The molecule has 0 aliphatic carbocycles. The van der Waals surface area contributed by atoms with Gasteiger partial charge in [-0.3, -0.25) is 14.6 Å². The number of hydrazone groups is 1. The van der Waals surface area contributed by atoms with Crippen molar-refractivity contribution < 1.29 is 9.59 Å². The minimum atomic E-state index is -0.265. The van der Waals surface area contributed by atoms with Gasteiger partial charge in [0.15, 0.2) is 0 Å². The first-order valence-electron chi connectivity index (χ1n) is 10.2. The second-order valence-electron chi connectivity index (χ2n) is 7.37. The average molecular weight is 425 g/mol. The zero-order valence-corrected chi connectivity index (χ0v) is 17.9. The van der Waals surface area contributed by atoms with Crippen LogP contribution in [0.5, 0.6) is 0 Å². The Morgan fingerprint density at radius 3 is 2.56 bits per heavy atom. The SMILES string of the molecule is Cc1ccccc1NCC(=O)NN=Cc1c(C)c(C(=O)c2ccncc2)n2ccccc12. The van der Waals surface area contributed by atoms with Gasteiger partial charge in [-0.05, 0) is 55.3 Å². The Bertz CT molecular complexity index is 1310. The van der Waals surface area contributed by atoms with Crippen molar-refractivity contribution in [2.24, 2.45) is 5.10 Å². The molecule has 0 aliphatic heterocycles. The first-order valence-corrected chi connectivity index (χ1v) is 10.2. The minimum Gasteiger partial charge on any atom is -0.376 e. The van der Waals surface area contributed by atoms with E-state index >= 15 is 0 Å². The monoisotopic (exact) mass is 425 g/mol. The van der Waals surface area contributed by atoms with Gasteiger partial charge in [0.2, 0.25) is 5.78 Å². The number of anilines is 1. The highest BCUT2D eigenvalue weighted by molar-refractivity contribution is 6.11. The third-order valence-electron chi connectivity index (χ3n) is 5.26. The fourth-order valence-corrected chi connectivity index (χ4v) is 3.60. The standard InChI is InChI=1S/C25H23N5O2/c1-17-7-3-4-8-21(17)27-16-23(31)29-28-15-20-18(2)24(30-14-6-5-9-22(20)30)25(32)19-10-12-26-13-11-19/h3-15,27H,16H2,1-2H3,(H,29,31). The Kier molecular flexibility index (Phi) is 6.07. The van der Waals surface area contributed by atoms with Gasteiger partial charge >= 0.3 is 0 Å². The van der Waals surface area contributed by atoms with Gasteiger partial charge in [0, 0.05) is 35.4 Å². The highest BCUT2D eigenvalue weighted by Gasteiger charge is 2.20. The molecule has 1 aromatic carbocycles. The molecule has 0 fully saturated rings. The number of amides is 1. The fraction of sp³-hybridized carbons (Fsp3) is 0.120. The van der Waals surface area contributed by atoms with Crippen LogP contribution in [0.25, 0.3) is 5.52 Å². The highest BCUT2D eigenvalue weighted by Crippen LogP contribution is 2.24. The first-order chi connectivity index (χ1) is 15.6. The molecule has 0 bridgehead atoms. The second-order valence-corrected chi connectivity index (χ2v) is 7.37. The van der Waals surface area contributed by atoms with Crippen LogP contribution < -0.4 is 10.7 Å². The van der Waals surface area contributed by atoms with E-state index < -0.39 is 0 Å². The molecular formula is C25H23N5O2. The summed E-state index contributed by atoms with van der Waals surface area (Å²) in [6.07, 6.45) is 6.63. The van der Waals surface area contributed by atoms with Gasteiger partial charge in [0.05, 0.1) is 24.0 Å². The van der Waals surface area contributed by atoms with Crippen LogP contribution in [0.4, 0.5) is 5.69 Å². The van der Waals surface area contributed by atoms with Crippen molar-refractivity contribution in [1.29, 1.82) is 0 Å². The van der Waals surface area contributed by atoms with Crippen LogP contribution in [0.1, 0.15) is 32.7 Å². The fourth-order valence-electron chi connectivity index (χ4n) is 3.60. The van der Waals surface area contributed by atoms with E-state index in [0.29, 0.717) is 11.3 Å². The van der Waals surface area contributed by atoms with Gasteiger partial charge < -0.3 is 9.72 Å². The Morgan fingerprint density at radius 1 is 1.03 bits per heavy atom. The molecule has 160 valence electrons. The summed E-state index contributed by atoms with van der Waals surface area (Å²) < 4.78 is 1.85. The van der Waals surface area contributed by atoms with Crippen molar-refractivity contribution in [3.63, 3.8) is 0 Å². The van der Waals surface area contributed by atoms with Crippen LogP contribution in [0.15, 0.2) is 78.3 Å². The van der Waals surface area contributed by atoms with E-state index in [1.807, 2.05) is 66.9 Å².